The van der Waals surface area contributed by atoms with Crippen LogP contribution in [0.1, 0.15) is 23.6 Å². The van der Waals surface area contributed by atoms with Gasteiger partial charge >= 0.3 is 0 Å². The van der Waals surface area contributed by atoms with E-state index in [0.29, 0.717) is 11.3 Å². The Balaban J connectivity index is 2.66. The first-order valence-corrected chi connectivity index (χ1v) is 4.52. The molecule has 4 nitrogen and oxygen atoms in total. The lowest BCUT2D eigenvalue weighted by Crippen LogP contribution is -2.05. The zero-order chi connectivity index (χ0) is 10.3. The summed E-state index contributed by atoms with van der Waals surface area (Å²) < 4.78 is 5.07. The molecule has 1 unspecified atom stereocenters. The molecule has 1 atom stereocenters. The molecule has 0 bridgehead atoms. The first-order valence-electron chi connectivity index (χ1n) is 4.52. The summed E-state index contributed by atoms with van der Waals surface area (Å²) in [5.41, 5.74) is 7.36. The topological polar surface area (TPSA) is 75.7 Å². The van der Waals surface area contributed by atoms with Crippen LogP contribution in [-0.2, 0) is 6.42 Å². The van der Waals surface area contributed by atoms with Gasteiger partial charge in [-0.1, -0.05) is 0 Å². The maximum atomic E-state index is 9.61. The summed E-state index contributed by atoms with van der Waals surface area (Å²) in [4.78, 5) is 0. The Hall–Kier alpha value is -1.42. The molecule has 0 aliphatic heterocycles. The Morgan fingerprint density at radius 2 is 2.14 bits per heavy atom. The zero-order valence-electron chi connectivity index (χ0n) is 7.95. The highest BCUT2D eigenvalue weighted by molar-refractivity contribution is 5.59. The minimum absolute atomic E-state index is 0.0298. The van der Waals surface area contributed by atoms with Crippen LogP contribution in [0.5, 0.6) is 17.2 Å². The monoisotopic (exact) mass is 195 g/mol. The first kappa shape index (κ1) is 9.15. The van der Waals surface area contributed by atoms with E-state index >= 15 is 0 Å². The summed E-state index contributed by atoms with van der Waals surface area (Å²) in [5.74, 6) is 0.465. The van der Waals surface area contributed by atoms with Gasteiger partial charge in [0, 0.05) is 23.2 Å². The van der Waals surface area contributed by atoms with Crippen molar-refractivity contribution in [1.29, 1.82) is 0 Å². The summed E-state index contributed by atoms with van der Waals surface area (Å²) in [6.45, 7) is 0. The molecule has 1 aromatic rings. The molecule has 1 aliphatic rings. The normalized spacial score (nSPS) is 19.4. The van der Waals surface area contributed by atoms with Gasteiger partial charge in [-0.05, 0) is 12.8 Å². The van der Waals surface area contributed by atoms with Gasteiger partial charge in [0.25, 0.3) is 0 Å². The average molecular weight is 195 g/mol. The quantitative estimate of drug-likeness (QED) is 0.626. The fraction of sp³-hybridized carbons (Fsp3) is 0.400. The van der Waals surface area contributed by atoms with Gasteiger partial charge in [-0.15, -0.1) is 0 Å². The Kier molecular flexibility index (Phi) is 2.00. The molecule has 0 spiro atoms. The van der Waals surface area contributed by atoms with Crippen molar-refractivity contribution in [2.24, 2.45) is 5.73 Å². The second-order valence-electron chi connectivity index (χ2n) is 3.49. The molecule has 0 radical (unpaired) electrons. The van der Waals surface area contributed by atoms with E-state index in [9.17, 15) is 10.2 Å². The third kappa shape index (κ3) is 1.11. The number of hydrogen-bond donors (Lipinski definition) is 3. The summed E-state index contributed by atoms with van der Waals surface area (Å²) in [6, 6.07) is 1.13. The highest BCUT2D eigenvalue weighted by Gasteiger charge is 2.27. The van der Waals surface area contributed by atoms with Gasteiger partial charge in [0.15, 0.2) is 11.5 Å². The van der Waals surface area contributed by atoms with Gasteiger partial charge in [-0.25, -0.2) is 0 Å². The van der Waals surface area contributed by atoms with Gasteiger partial charge in [-0.2, -0.15) is 0 Å². The lowest BCUT2D eigenvalue weighted by atomic mass is 10.1. The van der Waals surface area contributed by atoms with Crippen molar-refractivity contribution >= 4 is 0 Å². The first-order chi connectivity index (χ1) is 6.65. The molecule has 0 fully saturated rings. The number of hydrogen-bond acceptors (Lipinski definition) is 4. The van der Waals surface area contributed by atoms with E-state index in [2.05, 4.69) is 0 Å². The molecule has 0 heterocycles. The number of nitrogens with two attached hydrogens (primary N) is 1. The predicted molar refractivity (Wildman–Crippen MR) is 51.6 cm³/mol. The SMILES string of the molecule is COc1c(O)cc(O)c2c1CCC2N. The van der Waals surface area contributed by atoms with Crippen LogP contribution in [-0.4, -0.2) is 17.3 Å². The number of ether oxygens (including phenoxy) is 1. The average Bonchev–Trinajstić information content (AvgIpc) is 2.49. The van der Waals surface area contributed by atoms with Crippen molar-refractivity contribution in [3.05, 3.63) is 17.2 Å². The summed E-state index contributed by atoms with van der Waals surface area (Å²) >= 11 is 0. The van der Waals surface area contributed by atoms with Crippen molar-refractivity contribution in [2.45, 2.75) is 18.9 Å². The van der Waals surface area contributed by atoms with Crippen molar-refractivity contribution in [3.63, 3.8) is 0 Å². The number of rotatable bonds is 1. The number of benzene rings is 1. The molecule has 4 N–H and O–H groups in total. The Bertz CT molecular complexity index is 376. The largest absolute Gasteiger partial charge is 0.507 e. The van der Waals surface area contributed by atoms with Crippen molar-refractivity contribution < 1.29 is 14.9 Å². The van der Waals surface area contributed by atoms with Crippen molar-refractivity contribution in [2.75, 3.05) is 7.11 Å². The van der Waals surface area contributed by atoms with E-state index in [1.165, 1.54) is 13.2 Å². The molecule has 0 saturated heterocycles. The number of phenolic OH excluding ortho intramolecular Hbond substituents is 2. The van der Waals surface area contributed by atoms with Crippen LogP contribution in [0.2, 0.25) is 0 Å². The highest BCUT2D eigenvalue weighted by atomic mass is 16.5. The molecule has 1 aromatic carbocycles. The molecular weight excluding hydrogens is 182 g/mol. The zero-order valence-corrected chi connectivity index (χ0v) is 7.95. The van der Waals surface area contributed by atoms with Crippen LogP contribution in [0, 0.1) is 0 Å². The Morgan fingerprint density at radius 1 is 1.43 bits per heavy atom. The lowest BCUT2D eigenvalue weighted by molar-refractivity contribution is 0.365. The van der Waals surface area contributed by atoms with Gasteiger partial charge in [0.1, 0.15) is 5.75 Å². The molecule has 2 rings (SSSR count). The standard InChI is InChI=1S/C10H13NO3/c1-14-10-5-2-3-6(11)9(5)7(12)4-8(10)13/h4,6,12-13H,2-3,11H2,1H3. The van der Waals surface area contributed by atoms with Crippen LogP contribution in [0.3, 0.4) is 0 Å². The Morgan fingerprint density at radius 3 is 2.79 bits per heavy atom. The maximum Gasteiger partial charge on any atom is 0.164 e. The van der Waals surface area contributed by atoms with Gasteiger partial charge in [-0.3, -0.25) is 0 Å². The van der Waals surface area contributed by atoms with Crippen molar-refractivity contribution in [3.8, 4) is 17.2 Å². The minimum Gasteiger partial charge on any atom is -0.507 e. The number of aromatic hydroxyl groups is 2. The van der Waals surface area contributed by atoms with E-state index in [4.69, 9.17) is 10.5 Å². The van der Waals surface area contributed by atoms with Crippen LogP contribution in [0.25, 0.3) is 0 Å². The molecule has 76 valence electrons. The smallest absolute Gasteiger partial charge is 0.164 e. The second kappa shape index (κ2) is 3.06. The van der Waals surface area contributed by atoms with Gasteiger partial charge in [0.05, 0.1) is 7.11 Å². The fourth-order valence-corrected chi connectivity index (χ4v) is 2.04. The summed E-state index contributed by atoms with van der Waals surface area (Å²) in [6.07, 6.45) is 1.52. The maximum absolute atomic E-state index is 9.61. The van der Waals surface area contributed by atoms with E-state index in [0.717, 1.165) is 18.4 Å². The van der Waals surface area contributed by atoms with E-state index in [1.54, 1.807) is 0 Å². The second-order valence-corrected chi connectivity index (χ2v) is 3.49. The molecule has 0 amide bonds. The van der Waals surface area contributed by atoms with Gasteiger partial charge < -0.3 is 20.7 Å². The molecule has 0 aromatic heterocycles. The number of methoxy groups -OCH3 is 1. The highest BCUT2D eigenvalue weighted by Crippen LogP contribution is 2.45. The fourth-order valence-electron chi connectivity index (χ4n) is 2.04. The van der Waals surface area contributed by atoms with Crippen LogP contribution >= 0.6 is 0 Å². The van der Waals surface area contributed by atoms with Gasteiger partial charge in [0.2, 0.25) is 0 Å². The predicted octanol–water partition coefficient (Wildman–Crippen LogP) is 1.05. The van der Waals surface area contributed by atoms with Crippen LogP contribution in [0.15, 0.2) is 6.07 Å². The van der Waals surface area contributed by atoms with Crippen LogP contribution < -0.4 is 10.5 Å². The van der Waals surface area contributed by atoms with E-state index in [-0.39, 0.29) is 17.5 Å². The third-order valence-electron chi connectivity index (χ3n) is 2.66. The van der Waals surface area contributed by atoms with Crippen LogP contribution in [0.4, 0.5) is 0 Å². The molecule has 14 heavy (non-hydrogen) atoms. The minimum atomic E-state index is -0.153. The molecule has 1 aliphatic carbocycles. The Labute approximate surface area is 81.9 Å². The van der Waals surface area contributed by atoms with Crippen molar-refractivity contribution in [1.82, 2.24) is 0 Å². The van der Waals surface area contributed by atoms with E-state index < -0.39 is 0 Å². The molecular formula is C10H13NO3. The third-order valence-corrected chi connectivity index (χ3v) is 2.66. The lowest BCUT2D eigenvalue weighted by Gasteiger charge is -2.12. The summed E-state index contributed by atoms with van der Waals surface area (Å²) in [7, 11) is 1.50. The number of fused-ring (bicyclic) bond motifs is 1. The molecule has 0 saturated carbocycles. The summed E-state index contributed by atoms with van der Waals surface area (Å²) in [5, 5.41) is 19.1. The number of phenols is 2. The molecule has 4 heteroatoms. The van der Waals surface area contributed by atoms with E-state index in [1.807, 2.05) is 0 Å².